The third kappa shape index (κ3) is 3.70. The van der Waals surface area contributed by atoms with Crippen molar-refractivity contribution in [2.45, 2.75) is 12.2 Å². The van der Waals surface area contributed by atoms with E-state index in [1.54, 1.807) is 12.3 Å². The van der Waals surface area contributed by atoms with Gasteiger partial charge in [0.15, 0.2) is 0 Å². The molecular formula is C10H16N4O2S. The van der Waals surface area contributed by atoms with Crippen LogP contribution in [0, 0.1) is 0 Å². The molecule has 1 aromatic heterocycles. The fourth-order valence-electron chi connectivity index (χ4n) is 1.11. The Morgan fingerprint density at radius 3 is 2.76 bits per heavy atom. The second kappa shape index (κ2) is 5.62. The summed E-state index contributed by atoms with van der Waals surface area (Å²) < 4.78 is 11.2. The molecule has 0 saturated heterocycles. The van der Waals surface area contributed by atoms with E-state index in [0.29, 0.717) is 18.1 Å². The Morgan fingerprint density at radius 2 is 2.24 bits per heavy atom. The summed E-state index contributed by atoms with van der Waals surface area (Å²) in [5.74, 6) is -0.223. The number of nitrogens with two attached hydrogens (primary N) is 2. The molecule has 5 N–H and O–H groups in total. The van der Waals surface area contributed by atoms with Gasteiger partial charge in [0.2, 0.25) is 0 Å². The van der Waals surface area contributed by atoms with Crippen molar-refractivity contribution in [1.82, 2.24) is 4.98 Å². The van der Waals surface area contributed by atoms with Crippen molar-refractivity contribution < 1.29 is 9.00 Å². The van der Waals surface area contributed by atoms with E-state index in [0.717, 1.165) is 0 Å². The molecule has 0 aliphatic carbocycles. The topological polar surface area (TPSA) is 111 Å². The number of aromatic nitrogens is 1. The summed E-state index contributed by atoms with van der Waals surface area (Å²) in [5, 5.41) is 2.92. The Balaban J connectivity index is 2.79. The van der Waals surface area contributed by atoms with E-state index < -0.39 is 16.7 Å². The Hall–Kier alpha value is -1.63. The van der Waals surface area contributed by atoms with E-state index in [1.807, 2.05) is 6.92 Å². The van der Waals surface area contributed by atoms with Crippen LogP contribution < -0.4 is 16.8 Å². The molecular weight excluding hydrogens is 240 g/mol. The molecule has 1 aromatic rings. The van der Waals surface area contributed by atoms with Gasteiger partial charge in [-0.3, -0.25) is 9.00 Å². The highest BCUT2D eigenvalue weighted by molar-refractivity contribution is 7.84. The summed E-state index contributed by atoms with van der Waals surface area (Å²) in [6.07, 6.45) is 1.63. The van der Waals surface area contributed by atoms with Gasteiger partial charge in [0, 0.05) is 28.9 Å². The largest absolute Gasteiger partial charge is 0.396 e. The zero-order valence-electron chi connectivity index (χ0n) is 9.77. The van der Waals surface area contributed by atoms with Crippen LogP contribution in [0.25, 0.3) is 0 Å². The molecule has 2 unspecified atom stereocenters. The molecule has 0 fully saturated rings. The van der Waals surface area contributed by atoms with Gasteiger partial charge in [-0.05, 0) is 19.1 Å². The molecule has 7 heteroatoms. The second-order valence-corrected chi connectivity index (χ2v) is 5.49. The van der Waals surface area contributed by atoms with Crippen molar-refractivity contribution in [3.8, 4) is 0 Å². The van der Waals surface area contributed by atoms with Crippen LogP contribution in [0.4, 0.5) is 11.5 Å². The van der Waals surface area contributed by atoms with E-state index in [2.05, 4.69) is 10.3 Å². The molecule has 2 atom stereocenters. The molecule has 0 aliphatic heterocycles. The van der Waals surface area contributed by atoms with Gasteiger partial charge in [0.1, 0.15) is 11.5 Å². The third-order valence-corrected chi connectivity index (χ3v) is 3.60. The maximum atomic E-state index is 11.2. The standard InChI is InChI=1S/C10H16N4O2S/c1-6(17(2)16)5-13-10-7(11)3-4-8(14-10)9(12)15/h3-4,6H,5,11H2,1-2H3,(H2,12,15)(H,13,14). The number of hydrogen-bond acceptors (Lipinski definition) is 5. The first-order valence-electron chi connectivity index (χ1n) is 5.04. The van der Waals surface area contributed by atoms with E-state index in [4.69, 9.17) is 11.5 Å². The summed E-state index contributed by atoms with van der Waals surface area (Å²) in [5.41, 5.74) is 11.4. The molecule has 1 heterocycles. The lowest BCUT2D eigenvalue weighted by Crippen LogP contribution is -2.22. The first-order chi connectivity index (χ1) is 7.91. The number of hydrogen-bond donors (Lipinski definition) is 3. The van der Waals surface area contributed by atoms with Gasteiger partial charge >= 0.3 is 0 Å². The fraction of sp³-hybridized carbons (Fsp3) is 0.400. The molecule has 17 heavy (non-hydrogen) atoms. The van der Waals surface area contributed by atoms with Crippen LogP contribution in [0.1, 0.15) is 17.4 Å². The van der Waals surface area contributed by atoms with Crippen LogP contribution in [0.3, 0.4) is 0 Å². The SMILES string of the molecule is CC(CNc1nc(C(N)=O)ccc1N)S(C)=O. The minimum atomic E-state index is -0.927. The van der Waals surface area contributed by atoms with Crippen LogP contribution >= 0.6 is 0 Å². The zero-order chi connectivity index (χ0) is 13.0. The number of nitrogen functional groups attached to an aromatic ring is 1. The molecule has 94 valence electrons. The molecule has 0 saturated carbocycles. The number of carbonyl (C=O) groups excluding carboxylic acids is 1. The number of nitrogens with zero attached hydrogens (tertiary/aromatic N) is 1. The lowest BCUT2D eigenvalue weighted by molar-refractivity contribution is 0.0996. The number of primary amides is 1. The molecule has 0 aromatic carbocycles. The molecule has 1 rings (SSSR count). The van der Waals surface area contributed by atoms with Crippen molar-refractivity contribution in [1.29, 1.82) is 0 Å². The van der Waals surface area contributed by atoms with E-state index >= 15 is 0 Å². The van der Waals surface area contributed by atoms with Gasteiger partial charge in [0.05, 0.1) is 5.69 Å². The van der Waals surface area contributed by atoms with Crippen molar-refractivity contribution in [3.05, 3.63) is 17.8 Å². The van der Waals surface area contributed by atoms with Gasteiger partial charge in [-0.15, -0.1) is 0 Å². The predicted molar refractivity (Wildman–Crippen MR) is 69.2 cm³/mol. The highest BCUT2D eigenvalue weighted by atomic mass is 32.2. The van der Waals surface area contributed by atoms with Gasteiger partial charge in [-0.2, -0.15) is 0 Å². The monoisotopic (exact) mass is 256 g/mol. The molecule has 6 nitrogen and oxygen atoms in total. The van der Waals surface area contributed by atoms with Crippen LogP contribution in [-0.2, 0) is 10.8 Å². The number of rotatable bonds is 5. The number of carbonyl (C=O) groups is 1. The highest BCUT2D eigenvalue weighted by Crippen LogP contribution is 2.15. The Morgan fingerprint density at radius 1 is 1.59 bits per heavy atom. The van der Waals surface area contributed by atoms with E-state index in [1.165, 1.54) is 6.07 Å². The summed E-state index contributed by atoms with van der Waals surface area (Å²) in [6.45, 7) is 2.31. The smallest absolute Gasteiger partial charge is 0.267 e. The van der Waals surface area contributed by atoms with Crippen LogP contribution in [0.15, 0.2) is 12.1 Å². The number of nitrogens with one attached hydrogen (secondary N) is 1. The number of amides is 1. The maximum absolute atomic E-state index is 11.2. The normalized spacial score (nSPS) is 14.0. The summed E-state index contributed by atoms with van der Waals surface area (Å²) in [7, 11) is -0.927. The molecule has 0 spiro atoms. The number of pyridine rings is 1. The Labute approximate surface area is 102 Å². The Kier molecular flexibility index (Phi) is 4.45. The first kappa shape index (κ1) is 13.4. The lowest BCUT2D eigenvalue weighted by atomic mass is 10.3. The van der Waals surface area contributed by atoms with Crippen molar-refractivity contribution in [2.75, 3.05) is 23.9 Å². The Bertz CT molecular complexity index is 450. The van der Waals surface area contributed by atoms with Crippen molar-refractivity contribution in [2.24, 2.45) is 5.73 Å². The van der Waals surface area contributed by atoms with Gasteiger partial charge in [-0.25, -0.2) is 4.98 Å². The van der Waals surface area contributed by atoms with Gasteiger partial charge in [0.25, 0.3) is 5.91 Å². The average Bonchev–Trinajstić information content (AvgIpc) is 2.26. The van der Waals surface area contributed by atoms with Crippen LogP contribution in [0.2, 0.25) is 0 Å². The van der Waals surface area contributed by atoms with Crippen LogP contribution in [0.5, 0.6) is 0 Å². The van der Waals surface area contributed by atoms with Crippen LogP contribution in [-0.4, -0.2) is 33.2 Å². The van der Waals surface area contributed by atoms with Crippen molar-refractivity contribution >= 4 is 28.2 Å². The number of anilines is 2. The fourth-order valence-corrected chi connectivity index (χ4v) is 1.42. The average molecular weight is 256 g/mol. The summed E-state index contributed by atoms with van der Waals surface area (Å²) in [4.78, 5) is 14.9. The van der Waals surface area contributed by atoms with Gasteiger partial charge in [-0.1, -0.05) is 0 Å². The maximum Gasteiger partial charge on any atom is 0.267 e. The minimum absolute atomic E-state index is 0.0339. The van der Waals surface area contributed by atoms with E-state index in [-0.39, 0.29) is 10.9 Å². The zero-order valence-corrected chi connectivity index (χ0v) is 10.6. The summed E-state index contributed by atoms with van der Waals surface area (Å²) in [6, 6.07) is 3.02. The van der Waals surface area contributed by atoms with Gasteiger partial charge < -0.3 is 16.8 Å². The van der Waals surface area contributed by atoms with Crippen molar-refractivity contribution in [3.63, 3.8) is 0 Å². The highest BCUT2D eigenvalue weighted by Gasteiger charge is 2.10. The minimum Gasteiger partial charge on any atom is -0.396 e. The van der Waals surface area contributed by atoms with E-state index in [9.17, 15) is 9.00 Å². The third-order valence-electron chi connectivity index (χ3n) is 2.30. The molecule has 0 radical (unpaired) electrons. The molecule has 1 amide bonds. The molecule has 0 bridgehead atoms. The molecule has 0 aliphatic rings. The lowest BCUT2D eigenvalue weighted by Gasteiger charge is -2.12. The predicted octanol–water partition coefficient (Wildman–Crippen LogP) is -0.0584. The summed E-state index contributed by atoms with van der Waals surface area (Å²) >= 11 is 0. The first-order valence-corrected chi connectivity index (χ1v) is 6.66. The second-order valence-electron chi connectivity index (χ2n) is 3.69. The quantitative estimate of drug-likeness (QED) is 0.683.